The second-order valence-corrected chi connectivity index (χ2v) is 5.51. The van der Waals surface area contributed by atoms with Crippen LogP contribution >= 0.6 is 0 Å². The first-order valence-corrected chi connectivity index (χ1v) is 7.91. The Bertz CT molecular complexity index is 797. The van der Waals surface area contributed by atoms with E-state index in [1.54, 1.807) is 24.6 Å². The molecule has 0 saturated carbocycles. The number of carbonyl (C=O) groups is 1. The molecule has 0 radical (unpaired) electrons. The monoisotopic (exact) mass is 337 g/mol. The van der Waals surface area contributed by atoms with Crippen molar-refractivity contribution < 1.29 is 13.9 Å². The molecule has 0 bridgehead atoms. The topological polar surface area (TPSA) is 76.4 Å². The maximum atomic E-state index is 11.9. The van der Waals surface area contributed by atoms with E-state index in [1.807, 2.05) is 43.3 Å². The molecule has 0 spiro atoms. The molecule has 2 N–H and O–H groups in total. The van der Waals surface area contributed by atoms with Gasteiger partial charge in [0.2, 0.25) is 0 Å². The van der Waals surface area contributed by atoms with Crippen LogP contribution < -0.4 is 15.4 Å². The number of ether oxygens (including phenoxy) is 1. The molecule has 0 saturated heterocycles. The van der Waals surface area contributed by atoms with E-state index in [2.05, 4.69) is 15.6 Å². The van der Waals surface area contributed by atoms with Gasteiger partial charge in [-0.3, -0.25) is 4.79 Å². The van der Waals surface area contributed by atoms with Crippen molar-refractivity contribution >= 4 is 17.4 Å². The van der Waals surface area contributed by atoms with Crippen LogP contribution in [0.5, 0.6) is 5.75 Å². The number of pyridine rings is 1. The second-order valence-electron chi connectivity index (χ2n) is 5.51. The summed E-state index contributed by atoms with van der Waals surface area (Å²) in [6.45, 7) is 2.49. The number of rotatable bonds is 7. The molecule has 0 aliphatic heterocycles. The van der Waals surface area contributed by atoms with E-state index in [4.69, 9.17) is 9.15 Å². The first kappa shape index (κ1) is 16.6. The Kier molecular flexibility index (Phi) is 5.31. The van der Waals surface area contributed by atoms with Crippen molar-refractivity contribution in [3.63, 3.8) is 0 Å². The number of nitrogens with one attached hydrogen (secondary N) is 2. The summed E-state index contributed by atoms with van der Waals surface area (Å²) >= 11 is 0. The van der Waals surface area contributed by atoms with Crippen LogP contribution in [-0.4, -0.2) is 17.5 Å². The SMILES string of the molecule is Cc1ccc(OCC(=O)Nc2ccc(NCc3ccco3)nc2)cc1. The summed E-state index contributed by atoms with van der Waals surface area (Å²) in [5, 5.41) is 5.88. The molecule has 0 unspecified atom stereocenters. The number of aromatic nitrogens is 1. The largest absolute Gasteiger partial charge is 0.484 e. The lowest BCUT2D eigenvalue weighted by atomic mass is 10.2. The maximum Gasteiger partial charge on any atom is 0.262 e. The van der Waals surface area contributed by atoms with Crippen LogP contribution in [0.1, 0.15) is 11.3 Å². The third-order valence-corrected chi connectivity index (χ3v) is 3.46. The van der Waals surface area contributed by atoms with Gasteiger partial charge in [0.1, 0.15) is 17.3 Å². The van der Waals surface area contributed by atoms with Crippen LogP contribution in [0.25, 0.3) is 0 Å². The highest BCUT2D eigenvalue weighted by atomic mass is 16.5. The Hall–Kier alpha value is -3.28. The molecule has 1 amide bonds. The molecule has 1 aromatic carbocycles. The normalized spacial score (nSPS) is 10.3. The molecule has 6 nitrogen and oxygen atoms in total. The van der Waals surface area contributed by atoms with Gasteiger partial charge in [-0.2, -0.15) is 0 Å². The highest BCUT2D eigenvalue weighted by molar-refractivity contribution is 5.91. The van der Waals surface area contributed by atoms with Crippen LogP contribution in [0.4, 0.5) is 11.5 Å². The third-order valence-electron chi connectivity index (χ3n) is 3.46. The number of nitrogens with zero attached hydrogens (tertiary/aromatic N) is 1. The van der Waals surface area contributed by atoms with E-state index in [-0.39, 0.29) is 12.5 Å². The summed E-state index contributed by atoms with van der Waals surface area (Å²) in [7, 11) is 0. The lowest BCUT2D eigenvalue weighted by molar-refractivity contribution is -0.118. The third kappa shape index (κ3) is 5.10. The molecule has 3 rings (SSSR count). The fraction of sp³-hybridized carbons (Fsp3) is 0.158. The zero-order chi connectivity index (χ0) is 17.5. The number of carbonyl (C=O) groups excluding carboxylic acids is 1. The number of benzene rings is 1. The number of furan rings is 1. The number of amides is 1. The fourth-order valence-electron chi connectivity index (χ4n) is 2.14. The van der Waals surface area contributed by atoms with E-state index in [9.17, 15) is 4.79 Å². The minimum Gasteiger partial charge on any atom is -0.484 e. The van der Waals surface area contributed by atoms with Crippen LogP contribution in [0, 0.1) is 6.92 Å². The Morgan fingerprint density at radius 1 is 1.16 bits per heavy atom. The van der Waals surface area contributed by atoms with Crippen molar-refractivity contribution in [2.45, 2.75) is 13.5 Å². The van der Waals surface area contributed by atoms with Gasteiger partial charge >= 0.3 is 0 Å². The van der Waals surface area contributed by atoms with E-state index < -0.39 is 0 Å². The molecule has 0 aliphatic carbocycles. The van der Waals surface area contributed by atoms with Gasteiger partial charge in [0.15, 0.2) is 6.61 Å². The molecule has 0 atom stereocenters. The predicted molar refractivity (Wildman–Crippen MR) is 95.6 cm³/mol. The van der Waals surface area contributed by atoms with E-state index in [0.29, 0.717) is 23.8 Å². The number of aryl methyl sites for hydroxylation is 1. The van der Waals surface area contributed by atoms with Gasteiger partial charge in [-0.05, 0) is 43.3 Å². The average Bonchev–Trinajstić information content (AvgIpc) is 3.14. The van der Waals surface area contributed by atoms with Gasteiger partial charge in [-0.15, -0.1) is 0 Å². The van der Waals surface area contributed by atoms with Gasteiger partial charge in [0, 0.05) is 0 Å². The molecule has 2 aromatic heterocycles. The number of hydrogen-bond acceptors (Lipinski definition) is 5. The van der Waals surface area contributed by atoms with Gasteiger partial charge in [-0.1, -0.05) is 17.7 Å². The number of anilines is 2. The summed E-state index contributed by atoms with van der Waals surface area (Å²) in [5.41, 5.74) is 1.75. The van der Waals surface area contributed by atoms with Crippen LogP contribution in [0.3, 0.4) is 0 Å². The lowest BCUT2D eigenvalue weighted by Gasteiger charge is -2.08. The standard InChI is InChI=1S/C19H19N3O3/c1-14-4-7-16(8-5-14)25-13-19(23)22-15-6-9-18(20-11-15)21-12-17-3-2-10-24-17/h2-11H,12-13H2,1H3,(H,20,21)(H,22,23). The molecule has 25 heavy (non-hydrogen) atoms. The first-order valence-electron chi connectivity index (χ1n) is 7.91. The zero-order valence-electron chi connectivity index (χ0n) is 13.9. The van der Waals surface area contributed by atoms with Crippen molar-refractivity contribution in [1.82, 2.24) is 4.98 Å². The minimum absolute atomic E-state index is 0.0540. The van der Waals surface area contributed by atoms with Crippen molar-refractivity contribution in [2.24, 2.45) is 0 Å². The quantitative estimate of drug-likeness (QED) is 0.689. The summed E-state index contributed by atoms with van der Waals surface area (Å²) < 4.78 is 10.7. The molecule has 3 aromatic rings. The number of hydrogen-bond donors (Lipinski definition) is 2. The maximum absolute atomic E-state index is 11.9. The van der Waals surface area contributed by atoms with Crippen molar-refractivity contribution in [3.05, 3.63) is 72.3 Å². The molecule has 6 heteroatoms. The molecule has 128 valence electrons. The van der Waals surface area contributed by atoms with Crippen LogP contribution in [-0.2, 0) is 11.3 Å². The molecular weight excluding hydrogens is 318 g/mol. The lowest BCUT2D eigenvalue weighted by Crippen LogP contribution is -2.20. The first-order chi connectivity index (χ1) is 12.2. The van der Waals surface area contributed by atoms with Crippen LogP contribution in [0.15, 0.2) is 65.4 Å². The minimum atomic E-state index is -0.237. The van der Waals surface area contributed by atoms with E-state index in [0.717, 1.165) is 11.3 Å². The smallest absolute Gasteiger partial charge is 0.262 e. The molecule has 0 aliphatic rings. The Balaban J connectivity index is 1.45. The van der Waals surface area contributed by atoms with Gasteiger partial charge in [-0.25, -0.2) is 4.98 Å². The fourth-order valence-corrected chi connectivity index (χ4v) is 2.14. The van der Waals surface area contributed by atoms with Gasteiger partial charge in [0.25, 0.3) is 5.91 Å². The van der Waals surface area contributed by atoms with Crippen molar-refractivity contribution in [3.8, 4) is 5.75 Å². The Labute approximate surface area is 145 Å². The second kappa shape index (κ2) is 8.01. The highest BCUT2D eigenvalue weighted by Gasteiger charge is 2.05. The average molecular weight is 337 g/mol. The Morgan fingerprint density at radius 2 is 2.00 bits per heavy atom. The predicted octanol–water partition coefficient (Wildman–Crippen LogP) is 3.61. The van der Waals surface area contributed by atoms with Crippen LogP contribution in [0.2, 0.25) is 0 Å². The van der Waals surface area contributed by atoms with Crippen molar-refractivity contribution in [1.29, 1.82) is 0 Å². The van der Waals surface area contributed by atoms with E-state index in [1.165, 1.54) is 0 Å². The molecule has 2 heterocycles. The highest BCUT2D eigenvalue weighted by Crippen LogP contribution is 2.13. The summed E-state index contributed by atoms with van der Waals surface area (Å²) in [6.07, 6.45) is 3.22. The summed E-state index contributed by atoms with van der Waals surface area (Å²) in [4.78, 5) is 16.2. The Morgan fingerprint density at radius 3 is 2.68 bits per heavy atom. The van der Waals surface area contributed by atoms with Gasteiger partial charge < -0.3 is 19.8 Å². The molecule has 0 fully saturated rings. The summed E-state index contributed by atoms with van der Waals surface area (Å²) in [5.74, 6) is 1.95. The zero-order valence-corrected chi connectivity index (χ0v) is 13.9. The van der Waals surface area contributed by atoms with E-state index >= 15 is 0 Å². The van der Waals surface area contributed by atoms with Crippen molar-refractivity contribution in [2.75, 3.05) is 17.2 Å². The summed E-state index contributed by atoms with van der Waals surface area (Å²) in [6, 6.07) is 14.8. The molecular formula is C19H19N3O3. The van der Waals surface area contributed by atoms with Gasteiger partial charge in [0.05, 0.1) is 24.7 Å².